The molecule has 1 aromatic heterocycles. The third-order valence-electron chi connectivity index (χ3n) is 4.93. The summed E-state index contributed by atoms with van der Waals surface area (Å²) in [6.45, 7) is 4.17. The molecular formula is C23H26NO4P. The van der Waals surface area contributed by atoms with Gasteiger partial charge in [-0.3, -0.25) is 0 Å². The van der Waals surface area contributed by atoms with Crippen molar-refractivity contribution in [2.75, 3.05) is 13.7 Å². The van der Waals surface area contributed by atoms with Gasteiger partial charge < -0.3 is 19.0 Å². The van der Waals surface area contributed by atoms with E-state index in [9.17, 15) is 9.36 Å². The molecule has 0 saturated heterocycles. The molecule has 0 radical (unpaired) electrons. The van der Waals surface area contributed by atoms with Crippen molar-refractivity contribution >= 4 is 23.7 Å². The highest BCUT2D eigenvalue weighted by molar-refractivity contribution is 7.78. The average Bonchev–Trinajstić information content (AvgIpc) is 3.04. The van der Waals surface area contributed by atoms with Gasteiger partial charge in [-0.2, -0.15) is 0 Å². The lowest BCUT2D eigenvalue weighted by molar-refractivity contribution is 0.0521. The lowest BCUT2D eigenvalue weighted by atomic mass is 10.1. The average molecular weight is 411 g/mol. The highest BCUT2D eigenvalue weighted by Gasteiger charge is 2.31. The van der Waals surface area contributed by atoms with Gasteiger partial charge in [0.25, 0.3) is 0 Å². The molecule has 0 unspecified atom stereocenters. The Morgan fingerprint density at radius 3 is 2.00 bits per heavy atom. The highest BCUT2D eigenvalue weighted by atomic mass is 31.2. The van der Waals surface area contributed by atoms with Crippen LogP contribution in [0.3, 0.4) is 0 Å². The molecule has 0 aliphatic carbocycles. The molecule has 1 N–H and O–H groups in total. The second-order valence-corrected chi connectivity index (χ2v) is 9.63. The van der Waals surface area contributed by atoms with Crippen LogP contribution in [-0.4, -0.2) is 24.7 Å². The SMILES string of the molecule is CCOC(=O)c1c(COC)[nH]c(CP(=O)(c2ccccc2)c2ccccc2)c1C. The number of H-pyrrole nitrogens is 1. The summed E-state index contributed by atoms with van der Waals surface area (Å²) in [4.78, 5) is 15.8. The number of benzene rings is 2. The predicted octanol–water partition coefficient (Wildman–Crippen LogP) is 4.16. The first-order valence-electron chi connectivity index (χ1n) is 9.58. The van der Waals surface area contributed by atoms with Gasteiger partial charge in [-0.05, 0) is 19.4 Å². The number of nitrogens with one attached hydrogen (secondary N) is 1. The van der Waals surface area contributed by atoms with Crippen molar-refractivity contribution in [2.24, 2.45) is 0 Å². The van der Waals surface area contributed by atoms with Gasteiger partial charge in [0.15, 0.2) is 0 Å². The van der Waals surface area contributed by atoms with Crippen LogP contribution in [0.5, 0.6) is 0 Å². The molecule has 3 rings (SSSR count). The van der Waals surface area contributed by atoms with E-state index in [1.807, 2.05) is 67.6 Å². The zero-order chi connectivity index (χ0) is 20.9. The maximum absolute atomic E-state index is 14.3. The monoisotopic (exact) mass is 411 g/mol. The van der Waals surface area contributed by atoms with Crippen molar-refractivity contribution in [1.82, 2.24) is 4.98 Å². The predicted molar refractivity (Wildman–Crippen MR) is 116 cm³/mol. The summed E-state index contributed by atoms with van der Waals surface area (Å²) in [5, 5.41) is 1.57. The lowest BCUT2D eigenvalue weighted by Crippen LogP contribution is -2.18. The van der Waals surface area contributed by atoms with E-state index in [0.29, 0.717) is 11.3 Å². The van der Waals surface area contributed by atoms with E-state index in [1.165, 1.54) is 0 Å². The number of aromatic amines is 1. The molecule has 6 heteroatoms. The Kier molecular flexibility index (Phi) is 6.73. The van der Waals surface area contributed by atoms with Gasteiger partial charge in [0.2, 0.25) is 0 Å². The van der Waals surface area contributed by atoms with Crippen molar-refractivity contribution in [3.05, 3.63) is 83.2 Å². The molecule has 2 aromatic carbocycles. The number of hydrogen-bond acceptors (Lipinski definition) is 4. The van der Waals surface area contributed by atoms with Gasteiger partial charge in [-0.25, -0.2) is 4.79 Å². The third kappa shape index (κ3) is 4.36. The minimum absolute atomic E-state index is 0.246. The Hall–Kier alpha value is -2.62. The molecule has 0 bridgehead atoms. The molecule has 29 heavy (non-hydrogen) atoms. The fraction of sp³-hybridized carbons (Fsp3) is 0.261. The standard InChI is InChI=1S/C23H26NO4P/c1-4-28-23(25)22-17(2)21(24-20(22)15-27-3)16-29(26,18-11-7-5-8-12-18)19-13-9-6-10-14-19/h5-14,24H,4,15-16H2,1-3H3. The van der Waals surface area contributed by atoms with Crippen molar-refractivity contribution in [2.45, 2.75) is 26.6 Å². The maximum Gasteiger partial charge on any atom is 0.340 e. The summed E-state index contributed by atoms with van der Waals surface area (Å²) in [6, 6.07) is 19.0. The molecule has 0 spiro atoms. The number of carbonyl (C=O) groups excluding carboxylic acids is 1. The van der Waals surface area contributed by atoms with Crippen LogP contribution < -0.4 is 10.6 Å². The van der Waals surface area contributed by atoms with E-state index in [-0.39, 0.29) is 19.4 Å². The minimum atomic E-state index is -2.97. The van der Waals surface area contributed by atoms with E-state index >= 15 is 0 Å². The number of esters is 1. The zero-order valence-corrected chi connectivity index (χ0v) is 17.9. The second-order valence-electron chi connectivity index (χ2n) is 6.80. The topological polar surface area (TPSA) is 68.4 Å². The van der Waals surface area contributed by atoms with Crippen LogP contribution in [0.2, 0.25) is 0 Å². The Morgan fingerprint density at radius 1 is 0.966 bits per heavy atom. The quantitative estimate of drug-likeness (QED) is 0.446. The Morgan fingerprint density at radius 2 is 1.52 bits per heavy atom. The van der Waals surface area contributed by atoms with Crippen LogP contribution in [0, 0.1) is 6.92 Å². The van der Waals surface area contributed by atoms with E-state index in [0.717, 1.165) is 21.9 Å². The number of aromatic nitrogens is 1. The molecule has 1 heterocycles. The van der Waals surface area contributed by atoms with Crippen LogP contribution in [-0.2, 0) is 26.8 Å². The normalized spacial score (nSPS) is 11.4. The Bertz CT molecular complexity index is 969. The number of rotatable bonds is 8. The fourth-order valence-electron chi connectivity index (χ4n) is 3.50. The van der Waals surface area contributed by atoms with E-state index < -0.39 is 13.1 Å². The molecule has 0 fully saturated rings. The van der Waals surface area contributed by atoms with E-state index in [1.54, 1.807) is 14.0 Å². The minimum Gasteiger partial charge on any atom is -0.462 e. The molecule has 0 aliphatic heterocycles. The molecule has 0 aliphatic rings. The highest BCUT2D eigenvalue weighted by Crippen LogP contribution is 2.47. The summed E-state index contributed by atoms with van der Waals surface area (Å²) in [5.74, 6) is -0.395. The number of hydrogen-bond donors (Lipinski definition) is 1. The number of carbonyl (C=O) groups is 1. The van der Waals surface area contributed by atoms with Crippen molar-refractivity contribution < 1.29 is 18.8 Å². The third-order valence-corrected chi connectivity index (χ3v) is 7.95. The van der Waals surface area contributed by atoms with Gasteiger partial charge in [-0.15, -0.1) is 0 Å². The van der Waals surface area contributed by atoms with Crippen LogP contribution in [0.1, 0.15) is 34.2 Å². The van der Waals surface area contributed by atoms with Crippen molar-refractivity contribution in [1.29, 1.82) is 0 Å². The first kappa shape index (κ1) is 21.1. The second kappa shape index (κ2) is 9.25. The van der Waals surface area contributed by atoms with E-state index in [2.05, 4.69) is 4.98 Å². The van der Waals surface area contributed by atoms with Crippen molar-refractivity contribution in [3.8, 4) is 0 Å². The lowest BCUT2D eigenvalue weighted by Gasteiger charge is -2.19. The first-order valence-corrected chi connectivity index (χ1v) is 11.5. The van der Waals surface area contributed by atoms with Gasteiger partial charge in [-0.1, -0.05) is 60.7 Å². The molecule has 0 atom stereocenters. The maximum atomic E-state index is 14.3. The van der Waals surface area contributed by atoms with E-state index in [4.69, 9.17) is 9.47 Å². The summed E-state index contributed by atoms with van der Waals surface area (Å²) in [6.07, 6.45) is 0.281. The summed E-state index contributed by atoms with van der Waals surface area (Å²) >= 11 is 0. The first-order chi connectivity index (χ1) is 14.0. The molecule has 5 nitrogen and oxygen atoms in total. The summed E-state index contributed by atoms with van der Waals surface area (Å²) < 4.78 is 24.8. The number of methoxy groups -OCH3 is 1. The molecule has 0 amide bonds. The Balaban J connectivity index is 2.11. The van der Waals surface area contributed by atoms with Gasteiger partial charge in [0.1, 0.15) is 7.14 Å². The summed E-state index contributed by atoms with van der Waals surface area (Å²) in [5.41, 5.74) is 2.63. The molecule has 152 valence electrons. The van der Waals surface area contributed by atoms with Crippen molar-refractivity contribution in [3.63, 3.8) is 0 Å². The van der Waals surface area contributed by atoms with Crippen LogP contribution in [0.15, 0.2) is 60.7 Å². The fourth-order valence-corrected chi connectivity index (χ4v) is 6.23. The van der Waals surface area contributed by atoms with Gasteiger partial charge >= 0.3 is 5.97 Å². The molecular weight excluding hydrogens is 385 g/mol. The zero-order valence-electron chi connectivity index (χ0n) is 17.0. The van der Waals surface area contributed by atoms with Gasteiger partial charge in [0, 0.05) is 29.6 Å². The van der Waals surface area contributed by atoms with Crippen LogP contribution >= 0.6 is 7.14 Å². The summed E-state index contributed by atoms with van der Waals surface area (Å²) in [7, 11) is -1.40. The number of ether oxygens (including phenoxy) is 2. The molecule has 3 aromatic rings. The largest absolute Gasteiger partial charge is 0.462 e. The van der Waals surface area contributed by atoms with Crippen LogP contribution in [0.4, 0.5) is 0 Å². The van der Waals surface area contributed by atoms with Gasteiger partial charge in [0.05, 0.1) is 24.5 Å². The Labute approximate surface area is 171 Å². The molecule has 0 saturated carbocycles. The van der Waals surface area contributed by atoms with Crippen LogP contribution in [0.25, 0.3) is 0 Å². The smallest absolute Gasteiger partial charge is 0.340 e.